The van der Waals surface area contributed by atoms with E-state index in [0.717, 1.165) is 12.8 Å². The normalized spacial score (nSPS) is 20.9. The van der Waals surface area contributed by atoms with Gasteiger partial charge in [0.1, 0.15) is 0 Å². The molecule has 0 bridgehead atoms. The van der Waals surface area contributed by atoms with Crippen LogP contribution in [0.15, 0.2) is 0 Å². The Balaban J connectivity index is 2.68. The number of amides is 2. The fraction of sp³-hybridized carbons (Fsp3) is 0.846. The molecule has 1 heterocycles. The number of hydrogen-bond acceptors (Lipinski definition) is 2. The first kappa shape index (κ1) is 14.0. The number of carbonyl (C=O) groups excluding carboxylic acids is 2. The number of carbonyl (C=O) groups is 2. The molecule has 0 N–H and O–H groups in total. The van der Waals surface area contributed by atoms with E-state index < -0.39 is 0 Å². The van der Waals surface area contributed by atoms with Crippen molar-refractivity contribution in [2.75, 3.05) is 19.6 Å². The molecule has 4 heteroatoms. The van der Waals surface area contributed by atoms with Crippen LogP contribution >= 0.6 is 0 Å². The van der Waals surface area contributed by atoms with Crippen molar-refractivity contribution in [2.24, 2.45) is 5.92 Å². The molecule has 0 spiro atoms. The minimum atomic E-state index is 0.0427. The fourth-order valence-corrected chi connectivity index (χ4v) is 2.42. The first-order chi connectivity index (χ1) is 7.97. The molecule has 0 aromatic rings. The van der Waals surface area contributed by atoms with Gasteiger partial charge in [0.25, 0.3) is 0 Å². The van der Waals surface area contributed by atoms with Crippen molar-refractivity contribution >= 4 is 11.8 Å². The Morgan fingerprint density at radius 2 is 1.94 bits per heavy atom. The monoisotopic (exact) mass is 240 g/mol. The highest BCUT2D eigenvalue weighted by atomic mass is 16.2. The zero-order chi connectivity index (χ0) is 13.0. The van der Waals surface area contributed by atoms with E-state index in [1.54, 1.807) is 6.92 Å². The summed E-state index contributed by atoms with van der Waals surface area (Å²) >= 11 is 0. The number of hydrogen-bond donors (Lipinski definition) is 0. The average Bonchev–Trinajstić information content (AvgIpc) is 2.27. The molecule has 0 aliphatic carbocycles. The summed E-state index contributed by atoms with van der Waals surface area (Å²) in [5.41, 5.74) is 0. The molecule has 1 atom stereocenters. The Morgan fingerprint density at radius 1 is 1.29 bits per heavy atom. The minimum absolute atomic E-state index is 0.0427. The van der Waals surface area contributed by atoms with Crippen molar-refractivity contribution in [3.63, 3.8) is 0 Å². The lowest BCUT2D eigenvalue weighted by Gasteiger charge is -2.41. The van der Waals surface area contributed by atoms with E-state index in [0.29, 0.717) is 19.6 Å². The second kappa shape index (κ2) is 6.03. The number of rotatable bonds is 3. The lowest BCUT2D eigenvalue weighted by Crippen LogP contribution is -2.56. The molecular formula is C13H24N2O2. The third-order valence-electron chi connectivity index (χ3n) is 3.31. The van der Waals surface area contributed by atoms with E-state index >= 15 is 0 Å². The van der Waals surface area contributed by atoms with Crippen molar-refractivity contribution in [1.82, 2.24) is 9.80 Å². The third kappa shape index (κ3) is 3.45. The van der Waals surface area contributed by atoms with Gasteiger partial charge in [-0.1, -0.05) is 27.2 Å². The zero-order valence-electron chi connectivity index (χ0n) is 11.4. The Bertz CT molecular complexity index is 289. The quantitative estimate of drug-likeness (QED) is 0.750. The molecule has 0 unspecified atom stereocenters. The highest BCUT2D eigenvalue weighted by Gasteiger charge is 2.30. The molecule has 0 saturated carbocycles. The summed E-state index contributed by atoms with van der Waals surface area (Å²) in [6.07, 6.45) is 2.01. The van der Waals surface area contributed by atoms with Crippen LogP contribution in [0.1, 0.15) is 40.5 Å². The van der Waals surface area contributed by atoms with Crippen LogP contribution < -0.4 is 0 Å². The van der Waals surface area contributed by atoms with Crippen molar-refractivity contribution in [3.05, 3.63) is 0 Å². The first-order valence-corrected chi connectivity index (χ1v) is 6.53. The predicted molar refractivity (Wildman–Crippen MR) is 67.5 cm³/mol. The van der Waals surface area contributed by atoms with Gasteiger partial charge in [0.2, 0.25) is 11.8 Å². The molecular weight excluding hydrogens is 216 g/mol. The van der Waals surface area contributed by atoms with E-state index in [2.05, 4.69) is 6.92 Å². The smallest absolute Gasteiger partial charge is 0.225 e. The summed E-state index contributed by atoms with van der Waals surface area (Å²) < 4.78 is 0. The maximum atomic E-state index is 11.9. The number of piperazine rings is 1. The Hall–Kier alpha value is -1.06. The minimum Gasteiger partial charge on any atom is -0.339 e. The second-order valence-corrected chi connectivity index (χ2v) is 5.09. The van der Waals surface area contributed by atoms with E-state index in [-0.39, 0.29) is 23.8 Å². The van der Waals surface area contributed by atoms with Crippen molar-refractivity contribution in [1.29, 1.82) is 0 Å². The largest absolute Gasteiger partial charge is 0.339 e. The SMILES string of the molecule is CCC[C@@H]1CN(C(=O)C(C)C)CCN1C(C)=O. The molecule has 2 amide bonds. The van der Waals surface area contributed by atoms with Crippen molar-refractivity contribution in [2.45, 2.75) is 46.6 Å². The zero-order valence-corrected chi connectivity index (χ0v) is 11.4. The molecule has 1 fully saturated rings. The highest BCUT2D eigenvalue weighted by molar-refractivity contribution is 5.79. The molecule has 1 rings (SSSR count). The van der Waals surface area contributed by atoms with Gasteiger partial charge in [0.05, 0.1) is 0 Å². The summed E-state index contributed by atoms with van der Waals surface area (Å²) in [5.74, 6) is 0.371. The van der Waals surface area contributed by atoms with E-state index in [1.165, 1.54) is 0 Å². The van der Waals surface area contributed by atoms with Crippen LogP contribution in [0.5, 0.6) is 0 Å². The summed E-state index contributed by atoms with van der Waals surface area (Å²) in [6.45, 7) is 9.63. The summed E-state index contributed by atoms with van der Waals surface area (Å²) in [4.78, 5) is 27.3. The maximum Gasteiger partial charge on any atom is 0.225 e. The van der Waals surface area contributed by atoms with Gasteiger partial charge in [-0.25, -0.2) is 0 Å². The molecule has 17 heavy (non-hydrogen) atoms. The van der Waals surface area contributed by atoms with Crippen LogP contribution in [0.25, 0.3) is 0 Å². The molecule has 4 nitrogen and oxygen atoms in total. The maximum absolute atomic E-state index is 11.9. The summed E-state index contributed by atoms with van der Waals surface area (Å²) in [7, 11) is 0. The van der Waals surface area contributed by atoms with Gasteiger partial charge >= 0.3 is 0 Å². The Labute approximate surface area is 104 Å². The molecule has 0 aromatic heterocycles. The summed E-state index contributed by atoms with van der Waals surface area (Å²) in [5, 5.41) is 0. The van der Waals surface area contributed by atoms with Gasteiger partial charge in [0, 0.05) is 38.5 Å². The topological polar surface area (TPSA) is 40.6 Å². The van der Waals surface area contributed by atoms with Crippen LogP contribution in [0.3, 0.4) is 0 Å². The average molecular weight is 240 g/mol. The second-order valence-electron chi connectivity index (χ2n) is 5.09. The third-order valence-corrected chi connectivity index (χ3v) is 3.31. The van der Waals surface area contributed by atoms with Gasteiger partial charge in [-0.15, -0.1) is 0 Å². The molecule has 1 saturated heterocycles. The predicted octanol–water partition coefficient (Wildman–Crippen LogP) is 1.50. The van der Waals surface area contributed by atoms with E-state index in [1.807, 2.05) is 23.6 Å². The molecule has 1 aliphatic heterocycles. The van der Waals surface area contributed by atoms with Crippen LogP contribution in [-0.4, -0.2) is 47.3 Å². The lowest BCUT2D eigenvalue weighted by molar-refractivity contribution is -0.143. The van der Waals surface area contributed by atoms with Crippen LogP contribution in [0.4, 0.5) is 0 Å². The van der Waals surface area contributed by atoms with Gasteiger partial charge in [-0.2, -0.15) is 0 Å². The van der Waals surface area contributed by atoms with Gasteiger partial charge in [0.15, 0.2) is 0 Å². The lowest BCUT2D eigenvalue weighted by atomic mass is 10.0. The molecule has 0 aromatic carbocycles. The molecule has 98 valence electrons. The van der Waals surface area contributed by atoms with Crippen molar-refractivity contribution < 1.29 is 9.59 Å². The van der Waals surface area contributed by atoms with Gasteiger partial charge < -0.3 is 9.80 Å². The Morgan fingerprint density at radius 3 is 2.41 bits per heavy atom. The fourth-order valence-electron chi connectivity index (χ4n) is 2.42. The van der Waals surface area contributed by atoms with E-state index in [4.69, 9.17) is 0 Å². The molecule has 1 aliphatic rings. The summed E-state index contributed by atoms with van der Waals surface area (Å²) in [6, 6.07) is 0.203. The first-order valence-electron chi connectivity index (χ1n) is 6.53. The van der Waals surface area contributed by atoms with Gasteiger partial charge in [-0.3, -0.25) is 9.59 Å². The van der Waals surface area contributed by atoms with Crippen LogP contribution in [0.2, 0.25) is 0 Å². The molecule has 0 radical (unpaired) electrons. The Kier molecular flexibility index (Phi) is 4.97. The van der Waals surface area contributed by atoms with Gasteiger partial charge in [-0.05, 0) is 6.42 Å². The van der Waals surface area contributed by atoms with Crippen LogP contribution in [-0.2, 0) is 9.59 Å². The van der Waals surface area contributed by atoms with Crippen molar-refractivity contribution in [3.8, 4) is 0 Å². The van der Waals surface area contributed by atoms with E-state index in [9.17, 15) is 9.59 Å². The highest BCUT2D eigenvalue weighted by Crippen LogP contribution is 2.16. The van der Waals surface area contributed by atoms with Crippen LogP contribution in [0, 0.1) is 5.92 Å². The standard InChI is InChI=1S/C13H24N2O2/c1-5-6-12-9-14(13(17)10(2)3)7-8-15(12)11(4)16/h10,12H,5-9H2,1-4H3/t12-/m1/s1. The number of nitrogens with zero attached hydrogens (tertiary/aromatic N) is 2.